The lowest BCUT2D eigenvalue weighted by Gasteiger charge is -2.08. The molecule has 0 saturated carbocycles. The number of aliphatic carboxylic acids is 1. The molecular formula is C12H15NO3S. The average molecular weight is 253 g/mol. The Morgan fingerprint density at radius 1 is 1.35 bits per heavy atom. The number of carboxylic acid groups (broad SMARTS) is 1. The number of anilines is 1. The van der Waals surface area contributed by atoms with Crippen molar-refractivity contribution in [2.45, 2.75) is 12.8 Å². The van der Waals surface area contributed by atoms with Crippen LogP contribution in [0.1, 0.15) is 18.4 Å². The minimum absolute atomic E-state index is 0.0588. The highest BCUT2D eigenvalue weighted by atomic mass is 32.2. The summed E-state index contributed by atoms with van der Waals surface area (Å²) in [6.45, 7) is 1.63. The van der Waals surface area contributed by atoms with Crippen LogP contribution in [0.4, 0.5) is 5.69 Å². The van der Waals surface area contributed by atoms with E-state index < -0.39 is 11.9 Å². The minimum atomic E-state index is -0.857. The minimum Gasteiger partial charge on any atom is -0.481 e. The molecule has 1 aromatic carbocycles. The van der Waals surface area contributed by atoms with E-state index in [-0.39, 0.29) is 5.91 Å². The van der Waals surface area contributed by atoms with Crippen molar-refractivity contribution < 1.29 is 14.7 Å². The molecule has 1 unspecified atom stereocenters. The Bertz CT molecular complexity index is 403. The van der Waals surface area contributed by atoms with Crippen LogP contribution in [0.2, 0.25) is 0 Å². The molecule has 0 aliphatic rings. The lowest BCUT2D eigenvalue weighted by molar-refractivity contribution is -0.138. The molecule has 1 amide bonds. The molecule has 0 radical (unpaired) electrons. The van der Waals surface area contributed by atoms with Crippen LogP contribution in [0.3, 0.4) is 0 Å². The summed E-state index contributed by atoms with van der Waals surface area (Å²) in [5.41, 5.74) is 1.41. The predicted octanol–water partition coefficient (Wildman–Crippen LogP) is 2.18. The number of rotatable bonds is 5. The molecule has 0 aliphatic heterocycles. The third-order valence-corrected chi connectivity index (χ3v) is 2.89. The van der Waals surface area contributed by atoms with Gasteiger partial charge in [-0.3, -0.25) is 9.59 Å². The normalized spacial score (nSPS) is 11.9. The van der Waals surface area contributed by atoms with E-state index in [2.05, 4.69) is 5.32 Å². The maximum absolute atomic E-state index is 11.3. The number of nitrogens with one attached hydrogen (secondary N) is 1. The van der Waals surface area contributed by atoms with E-state index in [1.165, 1.54) is 11.8 Å². The summed E-state index contributed by atoms with van der Waals surface area (Å²) in [7, 11) is 0. The summed E-state index contributed by atoms with van der Waals surface area (Å²) in [5, 5.41) is 11.6. The topological polar surface area (TPSA) is 66.4 Å². The lowest BCUT2D eigenvalue weighted by atomic mass is 10.0. The third-order valence-electron chi connectivity index (χ3n) is 2.34. The molecule has 0 spiro atoms. The smallest absolute Gasteiger partial charge is 0.310 e. The third kappa shape index (κ3) is 4.11. The van der Waals surface area contributed by atoms with Gasteiger partial charge in [-0.05, 0) is 30.9 Å². The van der Waals surface area contributed by atoms with E-state index in [0.29, 0.717) is 11.4 Å². The number of hydrogen-bond donors (Lipinski definition) is 2. The Morgan fingerprint density at radius 2 is 1.94 bits per heavy atom. The predicted molar refractivity (Wildman–Crippen MR) is 69.5 cm³/mol. The fourth-order valence-electron chi connectivity index (χ4n) is 1.33. The van der Waals surface area contributed by atoms with Gasteiger partial charge in [0.05, 0.1) is 11.7 Å². The molecule has 0 aromatic heterocycles. The van der Waals surface area contributed by atoms with Crippen LogP contribution in [0.25, 0.3) is 0 Å². The Morgan fingerprint density at radius 3 is 2.41 bits per heavy atom. The molecule has 1 atom stereocenters. The van der Waals surface area contributed by atoms with E-state index in [4.69, 9.17) is 5.11 Å². The second kappa shape index (κ2) is 6.30. The fraction of sp³-hybridized carbons (Fsp3) is 0.333. The van der Waals surface area contributed by atoms with E-state index in [9.17, 15) is 9.59 Å². The van der Waals surface area contributed by atoms with Gasteiger partial charge in [0.15, 0.2) is 0 Å². The van der Waals surface area contributed by atoms with Gasteiger partial charge in [-0.25, -0.2) is 0 Å². The largest absolute Gasteiger partial charge is 0.481 e. The van der Waals surface area contributed by atoms with Crippen LogP contribution >= 0.6 is 11.8 Å². The van der Waals surface area contributed by atoms with Crippen LogP contribution in [-0.4, -0.2) is 29.0 Å². The van der Waals surface area contributed by atoms with Gasteiger partial charge in [0.25, 0.3) is 0 Å². The first-order valence-corrected chi connectivity index (χ1v) is 6.55. The maximum atomic E-state index is 11.3. The number of amides is 1. The molecule has 92 valence electrons. The van der Waals surface area contributed by atoms with Gasteiger partial charge in [-0.2, -0.15) is 11.8 Å². The quantitative estimate of drug-likeness (QED) is 0.844. The number of carbonyl (C=O) groups is 2. The molecule has 0 aliphatic carbocycles. The van der Waals surface area contributed by atoms with Gasteiger partial charge < -0.3 is 10.4 Å². The van der Waals surface area contributed by atoms with Gasteiger partial charge in [-0.1, -0.05) is 12.1 Å². The molecule has 0 saturated heterocycles. The molecule has 0 fully saturated rings. The molecule has 0 bridgehead atoms. The molecular weight excluding hydrogens is 238 g/mol. The molecule has 4 nitrogen and oxygen atoms in total. The molecule has 1 rings (SSSR count). The van der Waals surface area contributed by atoms with Crippen molar-refractivity contribution in [2.75, 3.05) is 17.3 Å². The van der Waals surface area contributed by atoms with Crippen molar-refractivity contribution in [2.24, 2.45) is 0 Å². The molecule has 5 heteroatoms. The van der Waals surface area contributed by atoms with Gasteiger partial charge in [0.1, 0.15) is 0 Å². The van der Waals surface area contributed by atoms with Crippen LogP contribution in [-0.2, 0) is 9.59 Å². The number of carbonyl (C=O) groups excluding carboxylic acids is 1. The Labute approximate surface area is 104 Å². The zero-order valence-electron chi connectivity index (χ0n) is 9.77. The van der Waals surface area contributed by atoms with Crippen molar-refractivity contribution in [1.82, 2.24) is 0 Å². The lowest BCUT2D eigenvalue weighted by Crippen LogP contribution is -2.14. The summed E-state index contributed by atoms with van der Waals surface area (Å²) < 4.78 is 0. The molecule has 17 heavy (non-hydrogen) atoms. The standard InChI is InChI=1S/C12H15NO3S/c1-8(12(15)16)9-3-5-10(6-4-9)13-11(14)7-17-2/h3-6,8H,7H2,1-2H3,(H,13,14)(H,15,16). The first-order valence-electron chi connectivity index (χ1n) is 5.16. The van der Waals surface area contributed by atoms with E-state index in [1.54, 1.807) is 31.2 Å². The van der Waals surface area contributed by atoms with Crippen molar-refractivity contribution in [1.29, 1.82) is 0 Å². The first-order chi connectivity index (χ1) is 8.04. The van der Waals surface area contributed by atoms with E-state index in [1.807, 2.05) is 6.26 Å². The zero-order valence-corrected chi connectivity index (χ0v) is 10.6. The highest BCUT2D eigenvalue weighted by Gasteiger charge is 2.13. The van der Waals surface area contributed by atoms with Crippen molar-refractivity contribution >= 4 is 29.3 Å². The van der Waals surface area contributed by atoms with Gasteiger partial charge >= 0.3 is 5.97 Å². The Hall–Kier alpha value is -1.49. The fourth-order valence-corrected chi connectivity index (χ4v) is 1.66. The summed E-state index contributed by atoms with van der Waals surface area (Å²) in [6, 6.07) is 6.86. The van der Waals surface area contributed by atoms with Crippen LogP contribution in [0, 0.1) is 0 Å². The van der Waals surface area contributed by atoms with Crippen molar-refractivity contribution in [3.8, 4) is 0 Å². The molecule has 1 aromatic rings. The average Bonchev–Trinajstić information content (AvgIpc) is 2.29. The summed E-state index contributed by atoms with van der Waals surface area (Å²) in [4.78, 5) is 22.1. The highest BCUT2D eigenvalue weighted by Crippen LogP contribution is 2.18. The highest BCUT2D eigenvalue weighted by molar-refractivity contribution is 7.99. The van der Waals surface area contributed by atoms with Crippen LogP contribution in [0.5, 0.6) is 0 Å². The van der Waals surface area contributed by atoms with Crippen LogP contribution in [0.15, 0.2) is 24.3 Å². The number of hydrogen-bond acceptors (Lipinski definition) is 3. The van der Waals surface area contributed by atoms with E-state index >= 15 is 0 Å². The number of carboxylic acids is 1. The van der Waals surface area contributed by atoms with Gasteiger partial charge in [0, 0.05) is 5.69 Å². The number of benzene rings is 1. The monoisotopic (exact) mass is 253 g/mol. The van der Waals surface area contributed by atoms with Crippen molar-refractivity contribution in [3.05, 3.63) is 29.8 Å². The Balaban J connectivity index is 2.68. The van der Waals surface area contributed by atoms with E-state index in [0.717, 1.165) is 5.56 Å². The van der Waals surface area contributed by atoms with Crippen molar-refractivity contribution in [3.63, 3.8) is 0 Å². The molecule has 0 heterocycles. The first kappa shape index (κ1) is 13.6. The Kier molecular flexibility index (Phi) is 5.03. The van der Waals surface area contributed by atoms with Gasteiger partial charge in [0.2, 0.25) is 5.91 Å². The second-order valence-electron chi connectivity index (χ2n) is 3.66. The molecule has 2 N–H and O–H groups in total. The summed E-state index contributed by atoms with van der Waals surface area (Å²) in [6.07, 6.45) is 1.86. The van der Waals surface area contributed by atoms with Gasteiger partial charge in [-0.15, -0.1) is 0 Å². The number of thioether (sulfide) groups is 1. The summed E-state index contributed by atoms with van der Waals surface area (Å²) >= 11 is 1.45. The SMILES string of the molecule is CSCC(=O)Nc1ccc(C(C)C(=O)O)cc1. The second-order valence-corrected chi connectivity index (χ2v) is 4.53. The van der Waals surface area contributed by atoms with Crippen LogP contribution < -0.4 is 5.32 Å². The zero-order chi connectivity index (χ0) is 12.8. The summed E-state index contributed by atoms with van der Waals surface area (Å²) in [5.74, 6) is -1.04. The maximum Gasteiger partial charge on any atom is 0.310 e.